The fourth-order valence-electron chi connectivity index (χ4n) is 1.57. The third-order valence-corrected chi connectivity index (χ3v) is 2.54. The number of nitrogens with two attached hydrogens (primary N) is 1. The predicted octanol–water partition coefficient (Wildman–Crippen LogP) is 2.74. The summed E-state index contributed by atoms with van der Waals surface area (Å²) in [6.07, 6.45) is 0. The van der Waals surface area contributed by atoms with Crippen molar-refractivity contribution in [1.29, 1.82) is 0 Å². The minimum absolute atomic E-state index is 0.470. The first-order valence-corrected chi connectivity index (χ1v) is 6.03. The molecule has 0 heterocycles. The second-order valence-electron chi connectivity index (χ2n) is 3.94. The van der Waals surface area contributed by atoms with Gasteiger partial charge in [0.05, 0.1) is 7.11 Å². The first-order chi connectivity index (χ1) is 9.28. The third kappa shape index (κ3) is 4.10. The molecule has 2 N–H and O–H groups in total. The van der Waals surface area contributed by atoms with Crippen LogP contribution in [0.25, 0.3) is 0 Å². The van der Waals surface area contributed by atoms with E-state index in [0.717, 1.165) is 22.9 Å². The molecule has 2 aromatic rings. The van der Waals surface area contributed by atoms with E-state index in [9.17, 15) is 0 Å². The van der Waals surface area contributed by atoms with Crippen molar-refractivity contribution in [2.24, 2.45) is 0 Å². The number of hydrogen-bond donors (Lipinski definition) is 1. The van der Waals surface area contributed by atoms with E-state index in [1.165, 1.54) is 0 Å². The van der Waals surface area contributed by atoms with Crippen LogP contribution < -0.4 is 19.9 Å². The lowest BCUT2D eigenvalue weighted by molar-refractivity contribution is 0.216. The topological polar surface area (TPSA) is 53.7 Å². The van der Waals surface area contributed by atoms with Crippen molar-refractivity contribution in [2.75, 3.05) is 26.1 Å². The fraction of sp³-hybridized carbons (Fsp3) is 0.200. The average Bonchev–Trinajstić information content (AvgIpc) is 2.46. The SMILES string of the molecule is COc1cccc(OCCOc2ccc(N)cc2)c1. The molecule has 0 saturated heterocycles. The summed E-state index contributed by atoms with van der Waals surface area (Å²) in [4.78, 5) is 0. The monoisotopic (exact) mass is 259 g/mol. The highest BCUT2D eigenvalue weighted by Gasteiger charge is 1.97. The second-order valence-corrected chi connectivity index (χ2v) is 3.94. The highest BCUT2D eigenvalue weighted by molar-refractivity contribution is 5.41. The Morgan fingerprint density at radius 3 is 2.16 bits per heavy atom. The van der Waals surface area contributed by atoms with Crippen molar-refractivity contribution < 1.29 is 14.2 Å². The molecule has 4 heteroatoms. The van der Waals surface area contributed by atoms with Crippen LogP contribution in [0.2, 0.25) is 0 Å². The van der Waals surface area contributed by atoms with E-state index in [2.05, 4.69) is 0 Å². The lowest BCUT2D eigenvalue weighted by Crippen LogP contribution is -2.09. The number of methoxy groups -OCH3 is 1. The van der Waals surface area contributed by atoms with Crippen molar-refractivity contribution in [3.8, 4) is 17.2 Å². The van der Waals surface area contributed by atoms with Crippen LogP contribution in [0.5, 0.6) is 17.2 Å². The Morgan fingerprint density at radius 2 is 1.47 bits per heavy atom. The molecular weight excluding hydrogens is 242 g/mol. The summed E-state index contributed by atoms with van der Waals surface area (Å²) in [5.74, 6) is 2.32. The van der Waals surface area contributed by atoms with Gasteiger partial charge < -0.3 is 19.9 Å². The zero-order valence-corrected chi connectivity index (χ0v) is 10.8. The predicted molar refractivity (Wildman–Crippen MR) is 74.8 cm³/mol. The Labute approximate surface area is 112 Å². The minimum atomic E-state index is 0.470. The van der Waals surface area contributed by atoms with E-state index < -0.39 is 0 Å². The van der Waals surface area contributed by atoms with Gasteiger partial charge in [-0.1, -0.05) is 6.07 Å². The molecule has 0 bridgehead atoms. The average molecular weight is 259 g/mol. The van der Waals surface area contributed by atoms with E-state index in [4.69, 9.17) is 19.9 Å². The maximum Gasteiger partial charge on any atom is 0.123 e. The summed E-state index contributed by atoms with van der Waals surface area (Å²) in [5, 5.41) is 0. The second kappa shape index (κ2) is 6.54. The van der Waals surface area contributed by atoms with Crippen LogP contribution in [0.1, 0.15) is 0 Å². The zero-order valence-electron chi connectivity index (χ0n) is 10.8. The molecule has 0 fully saturated rings. The molecule has 0 aliphatic carbocycles. The molecule has 2 aromatic carbocycles. The van der Waals surface area contributed by atoms with Gasteiger partial charge in [-0.3, -0.25) is 0 Å². The molecule has 0 spiro atoms. The number of benzene rings is 2. The Morgan fingerprint density at radius 1 is 0.842 bits per heavy atom. The van der Waals surface area contributed by atoms with Gasteiger partial charge in [-0.2, -0.15) is 0 Å². The molecule has 0 aliphatic heterocycles. The molecule has 100 valence electrons. The van der Waals surface area contributed by atoms with Crippen molar-refractivity contribution in [3.63, 3.8) is 0 Å². The zero-order chi connectivity index (χ0) is 13.5. The minimum Gasteiger partial charge on any atom is -0.497 e. The van der Waals surface area contributed by atoms with Crippen LogP contribution >= 0.6 is 0 Å². The van der Waals surface area contributed by atoms with Crippen LogP contribution in [0, 0.1) is 0 Å². The summed E-state index contributed by atoms with van der Waals surface area (Å²) in [7, 11) is 1.63. The van der Waals surface area contributed by atoms with Gasteiger partial charge in [0.2, 0.25) is 0 Å². The molecular formula is C15H17NO3. The quantitative estimate of drug-likeness (QED) is 0.640. The summed E-state index contributed by atoms with van der Waals surface area (Å²) in [6.45, 7) is 0.943. The highest BCUT2D eigenvalue weighted by atomic mass is 16.5. The summed E-state index contributed by atoms with van der Waals surface area (Å²) in [6, 6.07) is 14.7. The van der Waals surface area contributed by atoms with E-state index in [1.54, 1.807) is 19.2 Å². The van der Waals surface area contributed by atoms with Crippen LogP contribution in [0.4, 0.5) is 5.69 Å². The molecule has 0 aromatic heterocycles. The number of rotatable bonds is 6. The molecule has 2 rings (SSSR count). The van der Waals surface area contributed by atoms with E-state index in [0.29, 0.717) is 13.2 Å². The molecule has 0 aliphatic rings. The van der Waals surface area contributed by atoms with Crippen LogP contribution in [-0.2, 0) is 0 Å². The van der Waals surface area contributed by atoms with Crippen molar-refractivity contribution >= 4 is 5.69 Å². The lowest BCUT2D eigenvalue weighted by Gasteiger charge is -2.09. The summed E-state index contributed by atoms with van der Waals surface area (Å²) in [5.41, 5.74) is 6.31. The molecule has 0 saturated carbocycles. The largest absolute Gasteiger partial charge is 0.497 e. The molecule has 19 heavy (non-hydrogen) atoms. The van der Waals surface area contributed by atoms with Gasteiger partial charge in [0.15, 0.2) is 0 Å². The number of hydrogen-bond acceptors (Lipinski definition) is 4. The first kappa shape index (κ1) is 13.1. The van der Waals surface area contributed by atoms with E-state index in [1.807, 2.05) is 36.4 Å². The standard InChI is InChI=1S/C15H17NO3/c1-17-14-3-2-4-15(11-14)19-10-9-18-13-7-5-12(16)6-8-13/h2-8,11H,9-10,16H2,1H3. The fourth-order valence-corrected chi connectivity index (χ4v) is 1.57. The van der Waals surface area contributed by atoms with Gasteiger partial charge in [0.25, 0.3) is 0 Å². The first-order valence-electron chi connectivity index (χ1n) is 6.03. The maximum atomic E-state index is 5.59. The van der Waals surface area contributed by atoms with Crippen molar-refractivity contribution in [3.05, 3.63) is 48.5 Å². The smallest absolute Gasteiger partial charge is 0.123 e. The maximum absolute atomic E-state index is 5.59. The Bertz CT molecular complexity index is 511. The van der Waals surface area contributed by atoms with Gasteiger partial charge in [0, 0.05) is 11.8 Å². The lowest BCUT2D eigenvalue weighted by atomic mass is 10.3. The molecule has 0 atom stereocenters. The van der Waals surface area contributed by atoms with Gasteiger partial charge in [-0.15, -0.1) is 0 Å². The Hall–Kier alpha value is -2.36. The van der Waals surface area contributed by atoms with Crippen LogP contribution in [-0.4, -0.2) is 20.3 Å². The highest BCUT2D eigenvalue weighted by Crippen LogP contribution is 2.19. The molecule has 4 nitrogen and oxygen atoms in total. The van der Waals surface area contributed by atoms with Gasteiger partial charge in [0.1, 0.15) is 30.5 Å². The van der Waals surface area contributed by atoms with Gasteiger partial charge >= 0.3 is 0 Å². The van der Waals surface area contributed by atoms with Crippen molar-refractivity contribution in [1.82, 2.24) is 0 Å². The van der Waals surface area contributed by atoms with E-state index in [-0.39, 0.29) is 0 Å². The molecule has 0 amide bonds. The Kier molecular flexibility index (Phi) is 4.50. The van der Waals surface area contributed by atoms with Crippen LogP contribution in [0.15, 0.2) is 48.5 Å². The number of anilines is 1. The number of nitrogen functional groups attached to an aromatic ring is 1. The summed E-state index contributed by atoms with van der Waals surface area (Å²) < 4.78 is 16.2. The van der Waals surface area contributed by atoms with Crippen LogP contribution in [0.3, 0.4) is 0 Å². The summed E-state index contributed by atoms with van der Waals surface area (Å²) >= 11 is 0. The third-order valence-electron chi connectivity index (χ3n) is 2.54. The number of ether oxygens (including phenoxy) is 3. The van der Waals surface area contributed by atoms with Crippen molar-refractivity contribution in [2.45, 2.75) is 0 Å². The van der Waals surface area contributed by atoms with E-state index >= 15 is 0 Å². The van der Waals surface area contributed by atoms with Gasteiger partial charge in [-0.25, -0.2) is 0 Å². The Balaban J connectivity index is 1.75. The molecule has 0 radical (unpaired) electrons. The van der Waals surface area contributed by atoms with Gasteiger partial charge in [-0.05, 0) is 36.4 Å². The normalized spacial score (nSPS) is 9.95. The molecule has 0 unspecified atom stereocenters.